The van der Waals surface area contributed by atoms with Gasteiger partial charge in [-0.25, -0.2) is 0 Å². The lowest BCUT2D eigenvalue weighted by Crippen LogP contribution is -2.13. The zero-order valence-corrected chi connectivity index (χ0v) is 10.8. The number of carbonyl (C=O) groups is 1. The molecule has 1 amide bonds. The Bertz CT molecular complexity index is 661. The topological polar surface area (TPSA) is 135 Å². The van der Waals surface area contributed by atoms with E-state index >= 15 is 0 Å². The molecule has 0 saturated carbocycles. The van der Waals surface area contributed by atoms with E-state index in [2.05, 4.69) is 15.2 Å². The molecule has 11 heteroatoms. The van der Waals surface area contributed by atoms with Crippen LogP contribution in [0.4, 0.5) is 5.82 Å². The fourth-order valence-corrected chi connectivity index (χ4v) is 2.34. The molecule has 2 aromatic heterocycles. The van der Waals surface area contributed by atoms with Gasteiger partial charge in [0.15, 0.2) is 15.7 Å². The fourth-order valence-electron chi connectivity index (χ4n) is 1.35. The molecule has 0 unspecified atom stereocenters. The van der Waals surface area contributed by atoms with E-state index in [-0.39, 0.29) is 21.6 Å². The highest BCUT2D eigenvalue weighted by Gasteiger charge is 2.25. The second-order valence-corrected chi connectivity index (χ2v) is 4.53. The maximum atomic E-state index is 11.2. The minimum absolute atomic E-state index is 0.0389. The van der Waals surface area contributed by atoms with Gasteiger partial charge in [-0.3, -0.25) is 4.79 Å². The van der Waals surface area contributed by atoms with Crippen molar-refractivity contribution in [3.63, 3.8) is 0 Å². The molecule has 2 aromatic rings. The van der Waals surface area contributed by atoms with Gasteiger partial charge in [0.25, 0.3) is 5.91 Å². The molecule has 10 nitrogen and oxygen atoms in total. The number of rotatable bonds is 4. The molecule has 0 aromatic carbocycles. The van der Waals surface area contributed by atoms with Crippen molar-refractivity contribution in [2.45, 2.75) is 10.1 Å². The monoisotopic (exact) mass is 283 g/mol. The van der Waals surface area contributed by atoms with Crippen LogP contribution in [0.3, 0.4) is 0 Å². The Hall–Kier alpha value is -2.43. The molecule has 0 fully saturated rings. The summed E-state index contributed by atoms with van der Waals surface area (Å²) in [7, 11) is 3.12. The zero-order valence-electron chi connectivity index (χ0n) is 9.97. The molecule has 0 aliphatic carbocycles. The molecule has 0 bridgehead atoms. The first-order valence-electron chi connectivity index (χ1n) is 4.95. The van der Waals surface area contributed by atoms with Crippen LogP contribution in [0.1, 0.15) is 10.5 Å². The number of primary amides is 1. The van der Waals surface area contributed by atoms with Crippen molar-refractivity contribution >= 4 is 23.5 Å². The van der Waals surface area contributed by atoms with E-state index in [4.69, 9.17) is 5.73 Å². The van der Waals surface area contributed by atoms with Gasteiger partial charge in [-0.15, -0.1) is 10.2 Å². The fraction of sp³-hybridized carbons (Fsp3) is 0.250. The Morgan fingerprint density at radius 3 is 2.74 bits per heavy atom. The van der Waals surface area contributed by atoms with Crippen LogP contribution in [0.2, 0.25) is 0 Å². The summed E-state index contributed by atoms with van der Waals surface area (Å²) in [5.74, 6) is -1.06. The van der Waals surface area contributed by atoms with E-state index < -0.39 is 10.8 Å². The summed E-state index contributed by atoms with van der Waals surface area (Å²) in [6.45, 7) is 0. The van der Waals surface area contributed by atoms with E-state index in [1.165, 1.54) is 22.7 Å². The maximum Gasteiger partial charge on any atom is 0.396 e. The lowest BCUT2D eigenvalue weighted by atomic mass is 10.5. The number of nitrogens with two attached hydrogens (primary N) is 1. The van der Waals surface area contributed by atoms with Crippen LogP contribution in [0.15, 0.2) is 16.4 Å². The van der Waals surface area contributed by atoms with E-state index in [0.717, 1.165) is 11.8 Å². The molecule has 0 aliphatic heterocycles. The van der Waals surface area contributed by atoms with Crippen molar-refractivity contribution in [1.29, 1.82) is 0 Å². The molecule has 2 N–H and O–H groups in total. The number of imidazole rings is 1. The maximum absolute atomic E-state index is 11.2. The summed E-state index contributed by atoms with van der Waals surface area (Å²) in [6.07, 6.45) is 1.31. The Morgan fingerprint density at radius 2 is 2.16 bits per heavy atom. The van der Waals surface area contributed by atoms with Gasteiger partial charge in [0.05, 0.1) is 0 Å². The number of aromatic nitrogens is 5. The highest BCUT2D eigenvalue weighted by Crippen LogP contribution is 2.33. The number of amides is 1. The lowest BCUT2D eigenvalue weighted by molar-refractivity contribution is -0.392. The SMILES string of the molecule is Cn1nc(Sc2c([N+](=O)[O-])ncn2C)c(C(N)=O)n1. The molecule has 0 spiro atoms. The molecular formula is C8H9N7O3S. The number of nitrogens with zero attached hydrogens (tertiary/aromatic N) is 6. The van der Waals surface area contributed by atoms with Gasteiger partial charge >= 0.3 is 5.82 Å². The van der Waals surface area contributed by atoms with E-state index in [1.807, 2.05) is 0 Å². The van der Waals surface area contributed by atoms with Crippen molar-refractivity contribution in [2.75, 3.05) is 0 Å². The van der Waals surface area contributed by atoms with Crippen LogP contribution in [0, 0.1) is 10.1 Å². The van der Waals surface area contributed by atoms with Gasteiger partial charge in [0.1, 0.15) is 0 Å². The predicted molar refractivity (Wildman–Crippen MR) is 63.5 cm³/mol. The van der Waals surface area contributed by atoms with Crippen molar-refractivity contribution < 1.29 is 9.72 Å². The number of hydrogen-bond donors (Lipinski definition) is 1. The minimum atomic E-state index is -0.750. The van der Waals surface area contributed by atoms with Crippen LogP contribution >= 0.6 is 11.8 Å². The normalized spacial score (nSPS) is 10.6. The Morgan fingerprint density at radius 1 is 1.47 bits per heavy atom. The molecule has 0 aliphatic rings. The van der Waals surface area contributed by atoms with Gasteiger partial charge in [0, 0.05) is 14.1 Å². The molecular weight excluding hydrogens is 274 g/mol. The highest BCUT2D eigenvalue weighted by atomic mass is 32.2. The summed E-state index contributed by atoms with van der Waals surface area (Å²) < 4.78 is 1.46. The van der Waals surface area contributed by atoms with E-state index in [0.29, 0.717) is 0 Å². The van der Waals surface area contributed by atoms with Gasteiger partial charge in [-0.1, -0.05) is 0 Å². The van der Waals surface area contributed by atoms with E-state index in [1.54, 1.807) is 7.05 Å². The Kier molecular flexibility index (Phi) is 3.21. The van der Waals surface area contributed by atoms with Crippen LogP contribution in [-0.4, -0.2) is 35.4 Å². The Labute approximate surface area is 110 Å². The van der Waals surface area contributed by atoms with Crippen molar-refractivity contribution in [3.8, 4) is 0 Å². The van der Waals surface area contributed by atoms with Gasteiger partial charge < -0.3 is 20.4 Å². The number of hydrogen-bond acceptors (Lipinski definition) is 7. The summed E-state index contributed by atoms with van der Waals surface area (Å²) >= 11 is 0.915. The van der Waals surface area contributed by atoms with Gasteiger partial charge in [-0.2, -0.15) is 4.80 Å². The van der Waals surface area contributed by atoms with E-state index in [9.17, 15) is 14.9 Å². The molecule has 0 radical (unpaired) electrons. The number of nitro groups is 1. The molecule has 0 atom stereocenters. The molecule has 2 rings (SSSR count). The van der Waals surface area contributed by atoms with Crippen LogP contribution in [0.5, 0.6) is 0 Å². The first kappa shape index (κ1) is 13.0. The highest BCUT2D eigenvalue weighted by molar-refractivity contribution is 7.99. The summed E-state index contributed by atoms with van der Waals surface area (Å²) in [4.78, 5) is 26.3. The van der Waals surface area contributed by atoms with Crippen LogP contribution < -0.4 is 5.73 Å². The molecule has 100 valence electrons. The van der Waals surface area contributed by atoms with Crippen LogP contribution in [-0.2, 0) is 14.1 Å². The molecule has 2 heterocycles. The number of aryl methyl sites for hydroxylation is 2. The minimum Gasteiger partial charge on any atom is -0.364 e. The average molecular weight is 283 g/mol. The van der Waals surface area contributed by atoms with Gasteiger partial charge in [-0.05, 0) is 21.7 Å². The number of carbonyl (C=O) groups excluding carboxylic acids is 1. The van der Waals surface area contributed by atoms with Crippen molar-refractivity contribution in [1.82, 2.24) is 24.5 Å². The first-order valence-corrected chi connectivity index (χ1v) is 5.76. The Balaban J connectivity index is 2.44. The summed E-state index contributed by atoms with van der Waals surface area (Å²) in [5.41, 5.74) is 5.13. The first-order chi connectivity index (χ1) is 8.90. The quantitative estimate of drug-likeness (QED) is 0.601. The summed E-state index contributed by atoms with van der Waals surface area (Å²) in [5, 5.41) is 19.0. The molecule has 19 heavy (non-hydrogen) atoms. The second kappa shape index (κ2) is 4.68. The third kappa shape index (κ3) is 2.40. The third-order valence-electron chi connectivity index (χ3n) is 2.15. The smallest absolute Gasteiger partial charge is 0.364 e. The lowest BCUT2D eigenvalue weighted by Gasteiger charge is -1.99. The van der Waals surface area contributed by atoms with Crippen molar-refractivity contribution in [2.24, 2.45) is 19.8 Å². The predicted octanol–water partition coefficient (Wildman–Crippen LogP) is -0.293. The summed E-state index contributed by atoms with van der Waals surface area (Å²) in [6, 6.07) is 0. The second-order valence-electron chi connectivity index (χ2n) is 3.55. The van der Waals surface area contributed by atoms with Gasteiger partial charge in [0.2, 0.25) is 6.33 Å². The van der Waals surface area contributed by atoms with Crippen LogP contribution in [0.25, 0.3) is 0 Å². The third-order valence-corrected chi connectivity index (χ3v) is 3.28. The standard InChI is InChI=1S/C8H9N7O3S/c1-13-3-10-6(15(17)18)8(13)19-7-4(5(9)16)11-14(2)12-7/h3H,1-2H3,(H2,9,16). The molecule has 0 saturated heterocycles. The zero-order chi connectivity index (χ0) is 14.2. The largest absolute Gasteiger partial charge is 0.396 e. The van der Waals surface area contributed by atoms with Crippen molar-refractivity contribution in [3.05, 3.63) is 22.1 Å². The average Bonchev–Trinajstić information content (AvgIpc) is 2.84.